The molecule has 1 aromatic heterocycles. The summed E-state index contributed by atoms with van der Waals surface area (Å²) in [4.78, 5) is 6.66. The first-order valence-electron chi connectivity index (χ1n) is 6.48. The molecule has 0 amide bonds. The van der Waals surface area contributed by atoms with Gasteiger partial charge < -0.3 is 5.21 Å². The maximum Gasteiger partial charge on any atom is 0.141 e. The SMILES string of the molecule is CC(C)Cn1ncnc1CN1CCC(=NO)CC1. The third-order valence-electron chi connectivity index (χ3n) is 3.17. The molecule has 1 N–H and O–H groups in total. The maximum absolute atomic E-state index is 8.72. The minimum atomic E-state index is 0.569. The first-order valence-corrected chi connectivity index (χ1v) is 6.48. The van der Waals surface area contributed by atoms with E-state index in [4.69, 9.17) is 5.21 Å². The van der Waals surface area contributed by atoms with Gasteiger partial charge in [-0.15, -0.1) is 0 Å². The highest BCUT2D eigenvalue weighted by atomic mass is 16.4. The molecule has 0 saturated carbocycles. The van der Waals surface area contributed by atoms with Crippen molar-refractivity contribution in [3.8, 4) is 0 Å². The van der Waals surface area contributed by atoms with Crippen LogP contribution >= 0.6 is 0 Å². The zero-order valence-electron chi connectivity index (χ0n) is 11.1. The first-order chi connectivity index (χ1) is 8.69. The Morgan fingerprint density at radius 1 is 1.39 bits per heavy atom. The molecule has 0 aliphatic carbocycles. The van der Waals surface area contributed by atoms with Crippen molar-refractivity contribution in [2.75, 3.05) is 13.1 Å². The van der Waals surface area contributed by atoms with Gasteiger partial charge in [0.05, 0.1) is 12.3 Å². The number of hydrogen-bond donors (Lipinski definition) is 1. The zero-order valence-corrected chi connectivity index (χ0v) is 11.1. The van der Waals surface area contributed by atoms with Gasteiger partial charge in [-0.2, -0.15) is 5.10 Å². The molecule has 18 heavy (non-hydrogen) atoms. The fraction of sp³-hybridized carbons (Fsp3) is 0.750. The van der Waals surface area contributed by atoms with Crippen molar-refractivity contribution in [3.05, 3.63) is 12.2 Å². The van der Waals surface area contributed by atoms with Gasteiger partial charge in [0.25, 0.3) is 0 Å². The normalized spacial score (nSPS) is 17.4. The Balaban J connectivity index is 1.92. The van der Waals surface area contributed by atoms with Crippen LogP contribution in [0.2, 0.25) is 0 Å². The van der Waals surface area contributed by atoms with Crippen LogP contribution in [-0.4, -0.2) is 43.7 Å². The van der Waals surface area contributed by atoms with Crippen LogP contribution < -0.4 is 0 Å². The van der Waals surface area contributed by atoms with Crippen LogP contribution in [0.25, 0.3) is 0 Å². The van der Waals surface area contributed by atoms with Gasteiger partial charge in [-0.1, -0.05) is 19.0 Å². The number of rotatable bonds is 4. The van der Waals surface area contributed by atoms with E-state index in [2.05, 4.69) is 34.0 Å². The Kier molecular flexibility index (Phi) is 4.30. The molecule has 0 atom stereocenters. The fourth-order valence-corrected chi connectivity index (χ4v) is 2.18. The van der Waals surface area contributed by atoms with E-state index in [0.717, 1.165) is 50.6 Å². The minimum Gasteiger partial charge on any atom is -0.411 e. The summed E-state index contributed by atoms with van der Waals surface area (Å²) in [6.07, 6.45) is 3.31. The van der Waals surface area contributed by atoms with Crippen molar-refractivity contribution < 1.29 is 5.21 Å². The summed E-state index contributed by atoms with van der Waals surface area (Å²) >= 11 is 0. The van der Waals surface area contributed by atoms with Gasteiger partial charge in [0.15, 0.2) is 0 Å². The number of likely N-dealkylation sites (tertiary alicyclic amines) is 1. The van der Waals surface area contributed by atoms with Crippen molar-refractivity contribution >= 4 is 5.71 Å². The summed E-state index contributed by atoms with van der Waals surface area (Å²) in [7, 11) is 0. The summed E-state index contributed by atoms with van der Waals surface area (Å²) in [5.41, 5.74) is 0.898. The van der Waals surface area contributed by atoms with Gasteiger partial charge in [0.1, 0.15) is 12.2 Å². The molecule has 2 heterocycles. The van der Waals surface area contributed by atoms with Crippen LogP contribution in [0, 0.1) is 5.92 Å². The largest absolute Gasteiger partial charge is 0.411 e. The lowest BCUT2D eigenvalue weighted by Gasteiger charge is -2.26. The molecule has 0 bridgehead atoms. The second kappa shape index (κ2) is 5.95. The number of aromatic nitrogens is 3. The quantitative estimate of drug-likeness (QED) is 0.648. The van der Waals surface area contributed by atoms with Gasteiger partial charge in [-0.05, 0) is 5.92 Å². The molecule has 1 fully saturated rings. The second-order valence-corrected chi connectivity index (χ2v) is 5.19. The van der Waals surface area contributed by atoms with E-state index in [1.165, 1.54) is 0 Å². The van der Waals surface area contributed by atoms with E-state index >= 15 is 0 Å². The third kappa shape index (κ3) is 3.29. The average molecular weight is 251 g/mol. The molecule has 100 valence electrons. The predicted molar refractivity (Wildman–Crippen MR) is 68.6 cm³/mol. The zero-order chi connectivity index (χ0) is 13.0. The summed E-state index contributed by atoms with van der Waals surface area (Å²) in [6, 6.07) is 0. The van der Waals surface area contributed by atoms with Crippen LogP contribution in [0.1, 0.15) is 32.5 Å². The van der Waals surface area contributed by atoms with Crippen molar-refractivity contribution in [1.82, 2.24) is 19.7 Å². The van der Waals surface area contributed by atoms with Crippen molar-refractivity contribution in [2.24, 2.45) is 11.1 Å². The van der Waals surface area contributed by atoms with Crippen molar-refractivity contribution in [2.45, 2.75) is 39.8 Å². The van der Waals surface area contributed by atoms with E-state index in [0.29, 0.717) is 5.92 Å². The van der Waals surface area contributed by atoms with Crippen molar-refractivity contribution in [1.29, 1.82) is 0 Å². The van der Waals surface area contributed by atoms with Crippen LogP contribution in [0.4, 0.5) is 0 Å². The molecule has 1 saturated heterocycles. The number of oxime groups is 1. The van der Waals surface area contributed by atoms with Gasteiger partial charge in [-0.3, -0.25) is 4.90 Å². The molecule has 6 nitrogen and oxygen atoms in total. The molecule has 0 aromatic carbocycles. The maximum atomic E-state index is 8.72. The number of nitrogens with zero attached hydrogens (tertiary/aromatic N) is 5. The smallest absolute Gasteiger partial charge is 0.141 e. The minimum absolute atomic E-state index is 0.569. The highest BCUT2D eigenvalue weighted by molar-refractivity contribution is 5.84. The van der Waals surface area contributed by atoms with Gasteiger partial charge >= 0.3 is 0 Å². The summed E-state index contributed by atoms with van der Waals surface area (Å²) in [6.45, 7) is 7.94. The summed E-state index contributed by atoms with van der Waals surface area (Å²) in [5, 5.41) is 16.3. The average Bonchev–Trinajstić information content (AvgIpc) is 2.77. The van der Waals surface area contributed by atoms with Gasteiger partial charge in [-0.25, -0.2) is 9.67 Å². The topological polar surface area (TPSA) is 66.5 Å². The fourth-order valence-electron chi connectivity index (χ4n) is 2.18. The van der Waals surface area contributed by atoms with Crippen LogP contribution in [0.5, 0.6) is 0 Å². The number of piperidine rings is 1. The highest BCUT2D eigenvalue weighted by Crippen LogP contribution is 2.11. The van der Waals surface area contributed by atoms with Crippen LogP contribution in [0.3, 0.4) is 0 Å². The van der Waals surface area contributed by atoms with E-state index in [9.17, 15) is 0 Å². The lowest BCUT2D eigenvalue weighted by Crippen LogP contribution is -2.34. The molecule has 0 unspecified atom stereocenters. The lowest BCUT2D eigenvalue weighted by atomic mass is 10.1. The Bertz CT molecular complexity index is 402. The molecule has 1 aromatic rings. The van der Waals surface area contributed by atoms with E-state index in [1.807, 2.05) is 4.68 Å². The molecule has 1 aliphatic rings. The number of hydrogen-bond acceptors (Lipinski definition) is 5. The predicted octanol–water partition coefficient (Wildman–Crippen LogP) is 1.36. The monoisotopic (exact) mass is 251 g/mol. The molecule has 0 spiro atoms. The van der Waals surface area contributed by atoms with Crippen molar-refractivity contribution in [3.63, 3.8) is 0 Å². The second-order valence-electron chi connectivity index (χ2n) is 5.19. The molecular formula is C12H21N5O. The summed E-state index contributed by atoms with van der Waals surface area (Å²) < 4.78 is 1.99. The van der Waals surface area contributed by atoms with Crippen LogP contribution in [-0.2, 0) is 13.1 Å². The summed E-state index contributed by atoms with van der Waals surface area (Å²) in [5.74, 6) is 1.59. The molecule has 0 radical (unpaired) electrons. The molecule has 1 aliphatic heterocycles. The lowest BCUT2D eigenvalue weighted by molar-refractivity contribution is 0.244. The van der Waals surface area contributed by atoms with E-state index < -0.39 is 0 Å². The Labute approximate surface area is 107 Å². The third-order valence-corrected chi connectivity index (χ3v) is 3.17. The molecule has 6 heteroatoms. The Morgan fingerprint density at radius 2 is 2.11 bits per heavy atom. The van der Waals surface area contributed by atoms with Gasteiger partial charge in [0, 0.05) is 32.5 Å². The first kappa shape index (κ1) is 13.0. The van der Waals surface area contributed by atoms with Crippen LogP contribution in [0.15, 0.2) is 11.5 Å². The Morgan fingerprint density at radius 3 is 2.72 bits per heavy atom. The highest BCUT2D eigenvalue weighted by Gasteiger charge is 2.17. The van der Waals surface area contributed by atoms with E-state index in [1.54, 1.807) is 6.33 Å². The van der Waals surface area contributed by atoms with E-state index in [-0.39, 0.29) is 0 Å². The Hall–Kier alpha value is -1.43. The molecular weight excluding hydrogens is 230 g/mol. The van der Waals surface area contributed by atoms with Gasteiger partial charge in [0.2, 0.25) is 0 Å². The standard InChI is InChI=1S/C12H21N5O/c1-10(2)7-17-12(13-9-14-17)8-16-5-3-11(15-18)4-6-16/h9-10,18H,3-8H2,1-2H3. The molecule has 2 rings (SSSR count).